The molecule has 3 aliphatic heterocycles. The van der Waals surface area contributed by atoms with E-state index in [0.29, 0.717) is 0 Å². The van der Waals surface area contributed by atoms with Gasteiger partial charge in [-0.1, -0.05) is 73.7 Å². The Hall–Kier alpha value is -3.96. The van der Waals surface area contributed by atoms with Crippen LogP contribution >= 0.6 is 11.8 Å². The molecule has 4 nitrogen and oxygen atoms in total. The summed E-state index contributed by atoms with van der Waals surface area (Å²) in [6, 6.07) is 27.5. The molecule has 0 aliphatic carbocycles. The van der Waals surface area contributed by atoms with E-state index in [1.54, 1.807) is 11.8 Å². The SMILES string of the molecule is CCC(=CC1OC2=CC=C(c3ccccc3)SC2=[N+]1CC)C=C1Oc2ccc(-c3ccccc3)cc2N1CC. The van der Waals surface area contributed by atoms with Gasteiger partial charge in [-0.3, -0.25) is 0 Å². The molecule has 3 aromatic rings. The highest BCUT2D eigenvalue weighted by molar-refractivity contribution is 8.22. The zero-order valence-electron chi connectivity index (χ0n) is 22.6. The highest BCUT2D eigenvalue weighted by Crippen LogP contribution is 2.42. The van der Waals surface area contributed by atoms with Crippen LogP contribution in [0.15, 0.2) is 120 Å². The third-order valence-corrected chi connectivity index (χ3v) is 8.47. The highest BCUT2D eigenvalue weighted by Gasteiger charge is 2.39. The van der Waals surface area contributed by atoms with Crippen LogP contribution in [0.1, 0.15) is 32.8 Å². The average molecular weight is 534 g/mol. The van der Waals surface area contributed by atoms with Gasteiger partial charge in [-0.25, -0.2) is 0 Å². The number of benzene rings is 3. The number of hydrogen-bond acceptors (Lipinski definition) is 4. The van der Waals surface area contributed by atoms with Gasteiger partial charge in [-0.05, 0) is 78.6 Å². The van der Waals surface area contributed by atoms with Gasteiger partial charge in [0.05, 0.1) is 5.69 Å². The molecule has 0 bridgehead atoms. The summed E-state index contributed by atoms with van der Waals surface area (Å²) in [5.74, 6) is 2.70. The van der Waals surface area contributed by atoms with E-state index in [1.807, 2.05) is 6.07 Å². The van der Waals surface area contributed by atoms with Gasteiger partial charge in [-0.2, -0.15) is 4.58 Å². The fourth-order valence-electron chi connectivity index (χ4n) is 5.17. The summed E-state index contributed by atoms with van der Waals surface area (Å²) in [4.78, 5) is 3.49. The minimum absolute atomic E-state index is 0.150. The van der Waals surface area contributed by atoms with Gasteiger partial charge in [0.25, 0.3) is 5.04 Å². The number of nitrogens with zero attached hydrogens (tertiary/aromatic N) is 2. The van der Waals surface area contributed by atoms with Crippen LogP contribution in [0, 0.1) is 0 Å². The van der Waals surface area contributed by atoms with E-state index in [2.05, 4.69) is 127 Å². The Labute approximate surface area is 235 Å². The molecule has 6 rings (SSSR count). The first-order chi connectivity index (χ1) is 19.2. The number of anilines is 1. The van der Waals surface area contributed by atoms with Crippen molar-refractivity contribution in [2.45, 2.75) is 33.4 Å². The second-order valence-electron chi connectivity index (χ2n) is 9.60. The number of allylic oxidation sites excluding steroid dienone is 4. The Balaban J connectivity index is 1.27. The molecule has 0 spiro atoms. The van der Waals surface area contributed by atoms with Gasteiger partial charge in [0.1, 0.15) is 6.54 Å². The highest BCUT2D eigenvalue weighted by atomic mass is 32.2. The molecule has 3 heterocycles. The third kappa shape index (κ3) is 4.95. The van der Waals surface area contributed by atoms with E-state index in [4.69, 9.17) is 9.47 Å². The van der Waals surface area contributed by atoms with E-state index in [1.165, 1.54) is 32.2 Å². The topological polar surface area (TPSA) is 24.7 Å². The Morgan fingerprint density at radius 2 is 1.64 bits per heavy atom. The molecule has 196 valence electrons. The largest absolute Gasteiger partial charge is 0.439 e. The van der Waals surface area contributed by atoms with E-state index in [0.717, 1.165) is 42.6 Å². The van der Waals surface area contributed by atoms with E-state index in [-0.39, 0.29) is 6.23 Å². The van der Waals surface area contributed by atoms with Crippen molar-refractivity contribution in [3.8, 4) is 16.9 Å². The number of ether oxygens (including phenoxy) is 2. The van der Waals surface area contributed by atoms with Crippen LogP contribution in [0.25, 0.3) is 16.0 Å². The molecule has 0 amide bonds. The molecule has 5 heteroatoms. The van der Waals surface area contributed by atoms with Crippen molar-refractivity contribution in [3.05, 3.63) is 126 Å². The lowest BCUT2D eigenvalue weighted by Crippen LogP contribution is -2.23. The van der Waals surface area contributed by atoms with Crippen LogP contribution in [-0.4, -0.2) is 28.9 Å². The summed E-state index contributed by atoms with van der Waals surface area (Å²) in [7, 11) is 0. The van der Waals surface area contributed by atoms with Gasteiger partial charge in [-0.15, -0.1) is 0 Å². The standard InChI is InChI=1S/C34H33N2O2S/c1-4-24(21-32-35(5-2)28-23-27(17-18-29(28)37-32)25-13-9-7-10-14-25)22-33-36(6-3)34-30(38-33)19-20-31(39-34)26-15-11-8-12-16-26/h7-23,33H,4-6H2,1-3H3/q+1. The summed E-state index contributed by atoms with van der Waals surface area (Å²) in [6.07, 6.45) is 9.40. The lowest BCUT2D eigenvalue weighted by Gasteiger charge is -2.17. The molecule has 0 N–H and O–H groups in total. The minimum Gasteiger partial charge on any atom is -0.439 e. The quantitative estimate of drug-likeness (QED) is 0.286. The fourth-order valence-corrected chi connectivity index (χ4v) is 6.34. The first kappa shape index (κ1) is 25.3. The second-order valence-corrected chi connectivity index (χ2v) is 10.6. The predicted octanol–water partition coefficient (Wildman–Crippen LogP) is 8.21. The summed E-state index contributed by atoms with van der Waals surface area (Å²) in [5, 5.41) is 1.18. The van der Waals surface area contributed by atoms with E-state index < -0.39 is 0 Å². The van der Waals surface area contributed by atoms with Crippen LogP contribution in [0.3, 0.4) is 0 Å². The molecule has 3 aromatic carbocycles. The number of fused-ring (bicyclic) bond motifs is 2. The van der Waals surface area contributed by atoms with Crippen molar-refractivity contribution >= 4 is 27.4 Å². The number of rotatable bonds is 7. The van der Waals surface area contributed by atoms with Gasteiger partial charge in [0, 0.05) is 23.6 Å². The molecule has 3 aliphatic rings. The zero-order valence-corrected chi connectivity index (χ0v) is 23.4. The van der Waals surface area contributed by atoms with E-state index >= 15 is 0 Å². The number of hydrogen-bond donors (Lipinski definition) is 0. The normalized spacial score (nSPS) is 19.4. The first-order valence-electron chi connectivity index (χ1n) is 13.7. The molecule has 0 saturated carbocycles. The van der Waals surface area contributed by atoms with Gasteiger partial charge in [0.2, 0.25) is 11.6 Å². The molecule has 1 atom stereocenters. The molecule has 0 fully saturated rings. The van der Waals surface area contributed by atoms with Crippen LogP contribution in [-0.2, 0) is 4.74 Å². The maximum atomic E-state index is 6.45. The van der Waals surface area contributed by atoms with Crippen LogP contribution in [0.2, 0.25) is 0 Å². The van der Waals surface area contributed by atoms with Gasteiger partial charge >= 0.3 is 6.23 Å². The molecule has 0 radical (unpaired) electrons. The lowest BCUT2D eigenvalue weighted by atomic mass is 10.0. The van der Waals surface area contributed by atoms with Crippen molar-refractivity contribution in [3.63, 3.8) is 0 Å². The predicted molar refractivity (Wildman–Crippen MR) is 163 cm³/mol. The average Bonchev–Trinajstić information content (AvgIpc) is 3.53. The molecule has 1 unspecified atom stereocenters. The summed E-state index contributed by atoms with van der Waals surface area (Å²) < 4.78 is 15.2. The van der Waals surface area contributed by atoms with Crippen molar-refractivity contribution in [1.29, 1.82) is 0 Å². The van der Waals surface area contributed by atoms with Crippen LogP contribution in [0.4, 0.5) is 5.69 Å². The Bertz CT molecular complexity index is 1530. The van der Waals surface area contributed by atoms with Crippen molar-refractivity contribution in [2.24, 2.45) is 0 Å². The molecule has 39 heavy (non-hydrogen) atoms. The van der Waals surface area contributed by atoms with E-state index in [9.17, 15) is 0 Å². The van der Waals surface area contributed by atoms with Crippen LogP contribution in [0.5, 0.6) is 5.75 Å². The maximum Gasteiger partial charge on any atom is 0.318 e. The van der Waals surface area contributed by atoms with Crippen molar-refractivity contribution in [2.75, 3.05) is 18.0 Å². The minimum atomic E-state index is -0.150. The Kier molecular flexibility index (Phi) is 7.16. The van der Waals surface area contributed by atoms with Crippen molar-refractivity contribution < 1.29 is 14.0 Å². The summed E-state index contributed by atoms with van der Waals surface area (Å²) in [6.45, 7) is 8.22. The second kappa shape index (κ2) is 11.0. The zero-order chi connectivity index (χ0) is 26.8. The third-order valence-electron chi connectivity index (χ3n) is 7.25. The molecule has 0 aromatic heterocycles. The Morgan fingerprint density at radius 1 is 0.897 bits per heavy atom. The van der Waals surface area contributed by atoms with Crippen LogP contribution < -0.4 is 9.64 Å². The lowest BCUT2D eigenvalue weighted by molar-refractivity contribution is -0.576. The summed E-state index contributed by atoms with van der Waals surface area (Å²) >= 11 is 1.79. The molecular formula is C34H33N2O2S+. The first-order valence-corrected chi connectivity index (χ1v) is 14.5. The monoisotopic (exact) mass is 533 g/mol. The number of thioether (sulfide) groups is 1. The van der Waals surface area contributed by atoms with Gasteiger partial charge < -0.3 is 14.4 Å². The van der Waals surface area contributed by atoms with Gasteiger partial charge in [0.15, 0.2) is 5.75 Å². The maximum absolute atomic E-state index is 6.45. The molecular weight excluding hydrogens is 500 g/mol. The smallest absolute Gasteiger partial charge is 0.318 e. The Morgan fingerprint density at radius 3 is 2.33 bits per heavy atom. The van der Waals surface area contributed by atoms with Crippen molar-refractivity contribution in [1.82, 2.24) is 0 Å². The molecule has 0 saturated heterocycles. The fraction of sp³-hybridized carbons (Fsp3) is 0.206. The summed E-state index contributed by atoms with van der Waals surface area (Å²) in [5.41, 5.74) is 5.92. The number of likely N-dealkylation sites (N-methyl/N-ethyl adjacent to an activating group) is 1.